The maximum Gasteiger partial charge on any atom is 0.330 e. The summed E-state index contributed by atoms with van der Waals surface area (Å²) in [5.74, 6) is 0.605. The Morgan fingerprint density at radius 3 is 2.54 bits per heavy atom. The first-order valence-electron chi connectivity index (χ1n) is 8.39. The molecule has 1 unspecified atom stereocenters. The Morgan fingerprint density at radius 2 is 1.88 bits per heavy atom. The normalized spacial score (nSPS) is 15.3. The summed E-state index contributed by atoms with van der Waals surface area (Å²) in [6.07, 6.45) is 2.38. The Labute approximate surface area is 140 Å². The highest BCUT2D eigenvalue weighted by atomic mass is 16.1. The van der Waals surface area contributed by atoms with Crippen LogP contribution in [-0.4, -0.2) is 9.13 Å². The molecule has 1 aliphatic carbocycles. The molecule has 1 fully saturated rings. The van der Waals surface area contributed by atoms with Crippen LogP contribution in [-0.2, 0) is 6.54 Å². The van der Waals surface area contributed by atoms with Crippen molar-refractivity contribution in [3.8, 4) is 17.2 Å². The van der Waals surface area contributed by atoms with Gasteiger partial charge in [-0.1, -0.05) is 36.4 Å². The number of nitrogens with zero attached hydrogens (tertiary/aromatic N) is 3. The molecule has 120 valence electrons. The standard InChI is InChI=1S/C20H19N3O/c1-14(12-21)23-19-11-17(16-5-3-2-4-6-16)9-10-18(19)22(20(23)24)13-15-7-8-15/h2-6,9-11,14-15H,7-8,13H2,1H3. The van der Waals surface area contributed by atoms with Gasteiger partial charge in [-0.2, -0.15) is 5.26 Å². The lowest BCUT2D eigenvalue weighted by Crippen LogP contribution is -2.26. The summed E-state index contributed by atoms with van der Waals surface area (Å²) >= 11 is 0. The number of fused-ring (bicyclic) bond motifs is 1. The van der Waals surface area contributed by atoms with Gasteiger partial charge in [-0.3, -0.25) is 9.13 Å². The van der Waals surface area contributed by atoms with Crippen molar-refractivity contribution in [3.05, 3.63) is 59.0 Å². The van der Waals surface area contributed by atoms with Gasteiger partial charge in [0.1, 0.15) is 6.04 Å². The summed E-state index contributed by atoms with van der Waals surface area (Å²) in [6.45, 7) is 2.53. The zero-order chi connectivity index (χ0) is 16.7. The Morgan fingerprint density at radius 1 is 1.12 bits per heavy atom. The lowest BCUT2D eigenvalue weighted by atomic mass is 10.1. The van der Waals surface area contributed by atoms with E-state index in [1.54, 1.807) is 11.5 Å². The fourth-order valence-electron chi connectivity index (χ4n) is 3.26. The van der Waals surface area contributed by atoms with E-state index in [0.717, 1.165) is 28.7 Å². The van der Waals surface area contributed by atoms with Crippen LogP contribution < -0.4 is 5.69 Å². The monoisotopic (exact) mass is 317 g/mol. The van der Waals surface area contributed by atoms with E-state index in [4.69, 9.17) is 0 Å². The number of rotatable bonds is 4. The molecule has 0 N–H and O–H groups in total. The fraction of sp³-hybridized carbons (Fsp3) is 0.300. The molecule has 24 heavy (non-hydrogen) atoms. The van der Waals surface area contributed by atoms with Crippen molar-refractivity contribution in [2.45, 2.75) is 32.4 Å². The van der Waals surface area contributed by atoms with Gasteiger partial charge in [0.05, 0.1) is 17.1 Å². The lowest BCUT2D eigenvalue weighted by Gasteiger charge is -2.06. The Kier molecular flexibility index (Phi) is 3.50. The van der Waals surface area contributed by atoms with Crippen LogP contribution >= 0.6 is 0 Å². The molecule has 4 nitrogen and oxygen atoms in total. The predicted molar refractivity (Wildman–Crippen MR) is 94.7 cm³/mol. The van der Waals surface area contributed by atoms with Crippen LogP contribution in [0.2, 0.25) is 0 Å². The summed E-state index contributed by atoms with van der Waals surface area (Å²) in [4.78, 5) is 12.9. The van der Waals surface area contributed by atoms with E-state index in [1.807, 2.05) is 34.9 Å². The van der Waals surface area contributed by atoms with Gasteiger partial charge >= 0.3 is 5.69 Å². The van der Waals surface area contributed by atoms with Crippen LogP contribution in [0.25, 0.3) is 22.2 Å². The maximum absolute atomic E-state index is 12.9. The highest BCUT2D eigenvalue weighted by Gasteiger charge is 2.25. The quantitative estimate of drug-likeness (QED) is 0.731. The number of hydrogen-bond acceptors (Lipinski definition) is 2. The smallest absolute Gasteiger partial charge is 0.292 e. The first-order valence-corrected chi connectivity index (χ1v) is 8.39. The predicted octanol–water partition coefficient (Wildman–Crippen LogP) is 3.96. The van der Waals surface area contributed by atoms with E-state index in [-0.39, 0.29) is 5.69 Å². The Bertz CT molecular complexity index is 987. The molecule has 1 heterocycles. The molecule has 1 atom stereocenters. The molecule has 4 rings (SSSR count). The zero-order valence-electron chi connectivity index (χ0n) is 13.6. The molecule has 4 heteroatoms. The lowest BCUT2D eigenvalue weighted by molar-refractivity contribution is 0.577. The minimum Gasteiger partial charge on any atom is -0.292 e. The van der Waals surface area contributed by atoms with E-state index in [1.165, 1.54) is 12.8 Å². The number of hydrogen-bond donors (Lipinski definition) is 0. The number of aromatic nitrogens is 2. The minimum atomic E-state index is -0.480. The molecule has 1 aliphatic rings. The summed E-state index contributed by atoms with van der Waals surface area (Å²) < 4.78 is 3.47. The highest BCUT2D eigenvalue weighted by Crippen LogP contribution is 2.32. The van der Waals surface area contributed by atoms with Crippen LogP contribution in [0.3, 0.4) is 0 Å². The second-order valence-electron chi connectivity index (χ2n) is 6.58. The first kappa shape index (κ1) is 14.8. The maximum atomic E-state index is 12.9. The van der Waals surface area contributed by atoms with Gasteiger partial charge in [0, 0.05) is 6.54 Å². The third-order valence-electron chi connectivity index (χ3n) is 4.78. The zero-order valence-corrected chi connectivity index (χ0v) is 13.6. The van der Waals surface area contributed by atoms with Crippen molar-refractivity contribution >= 4 is 11.0 Å². The SMILES string of the molecule is CC(C#N)n1c(=O)n(CC2CC2)c2ccc(-c3ccccc3)cc21. The molecule has 0 aliphatic heterocycles. The molecule has 0 bridgehead atoms. The summed E-state index contributed by atoms with van der Waals surface area (Å²) in [5, 5.41) is 9.34. The van der Waals surface area contributed by atoms with Gasteiger partial charge in [-0.25, -0.2) is 4.79 Å². The van der Waals surface area contributed by atoms with E-state index < -0.39 is 6.04 Å². The molecule has 0 saturated heterocycles. The molecular formula is C20H19N3O. The van der Waals surface area contributed by atoms with Crippen LogP contribution in [0.4, 0.5) is 0 Å². The van der Waals surface area contributed by atoms with Crippen molar-refractivity contribution in [3.63, 3.8) is 0 Å². The summed E-state index contributed by atoms with van der Waals surface area (Å²) in [6, 6.07) is 17.9. The third kappa shape index (κ3) is 2.43. The van der Waals surface area contributed by atoms with Crippen LogP contribution in [0.15, 0.2) is 53.3 Å². The van der Waals surface area contributed by atoms with Crippen molar-refractivity contribution in [2.75, 3.05) is 0 Å². The van der Waals surface area contributed by atoms with Crippen LogP contribution in [0, 0.1) is 17.2 Å². The van der Waals surface area contributed by atoms with Gasteiger partial charge in [0.2, 0.25) is 0 Å². The van der Waals surface area contributed by atoms with Crippen molar-refractivity contribution in [1.82, 2.24) is 9.13 Å². The van der Waals surface area contributed by atoms with Gasteiger partial charge in [-0.15, -0.1) is 0 Å². The molecule has 3 aromatic rings. The van der Waals surface area contributed by atoms with Crippen molar-refractivity contribution in [1.29, 1.82) is 5.26 Å². The third-order valence-corrected chi connectivity index (χ3v) is 4.78. The molecule has 1 aromatic heterocycles. The molecule has 1 saturated carbocycles. The van der Waals surface area contributed by atoms with Crippen molar-refractivity contribution < 1.29 is 0 Å². The van der Waals surface area contributed by atoms with E-state index in [0.29, 0.717) is 5.92 Å². The fourth-order valence-corrected chi connectivity index (χ4v) is 3.26. The second-order valence-corrected chi connectivity index (χ2v) is 6.58. The number of nitriles is 1. The van der Waals surface area contributed by atoms with E-state index in [9.17, 15) is 10.1 Å². The van der Waals surface area contributed by atoms with Crippen LogP contribution in [0.5, 0.6) is 0 Å². The average Bonchev–Trinajstić information content (AvgIpc) is 3.40. The van der Waals surface area contributed by atoms with Crippen molar-refractivity contribution in [2.24, 2.45) is 5.92 Å². The van der Waals surface area contributed by atoms with E-state index in [2.05, 4.69) is 24.3 Å². The van der Waals surface area contributed by atoms with Crippen LogP contribution in [0.1, 0.15) is 25.8 Å². The average molecular weight is 317 g/mol. The molecular weight excluding hydrogens is 298 g/mol. The Balaban J connectivity index is 1.94. The Hall–Kier alpha value is -2.80. The summed E-state index contributed by atoms with van der Waals surface area (Å²) in [5.41, 5.74) is 3.87. The van der Waals surface area contributed by atoms with Gasteiger partial charge in [0.15, 0.2) is 0 Å². The minimum absolute atomic E-state index is 0.0730. The molecule has 2 aromatic carbocycles. The largest absolute Gasteiger partial charge is 0.330 e. The topological polar surface area (TPSA) is 50.7 Å². The molecule has 0 spiro atoms. The highest BCUT2D eigenvalue weighted by molar-refractivity contribution is 5.83. The number of benzene rings is 2. The van der Waals surface area contributed by atoms with Gasteiger partial charge in [-0.05, 0) is 48.9 Å². The molecule has 0 radical (unpaired) electrons. The second kappa shape index (κ2) is 5.68. The van der Waals surface area contributed by atoms with Gasteiger partial charge < -0.3 is 0 Å². The van der Waals surface area contributed by atoms with Gasteiger partial charge in [0.25, 0.3) is 0 Å². The van der Waals surface area contributed by atoms with E-state index >= 15 is 0 Å². The first-order chi connectivity index (χ1) is 11.7. The molecule has 0 amide bonds. The number of imidazole rings is 1. The summed E-state index contributed by atoms with van der Waals surface area (Å²) in [7, 11) is 0.